The molecule has 7 heteroatoms. The molecular formula is C14H20N2O3S2. The molecular weight excluding hydrogens is 308 g/mol. The van der Waals surface area contributed by atoms with E-state index < -0.39 is 9.84 Å². The number of rotatable bonds is 5. The lowest BCUT2D eigenvalue weighted by atomic mass is 10.2. The molecule has 0 aromatic heterocycles. The first-order chi connectivity index (χ1) is 9.93. The number of para-hydroxylation sites is 1. The molecule has 1 aromatic rings. The van der Waals surface area contributed by atoms with E-state index >= 15 is 0 Å². The number of hydrogen-bond acceptors (Lipinski definition) is 5. The summed E-state index contributed by atoms with van der Waals surface area (Å²) in [7, 11) is -2.98. The fourth-order valence-electron chi connectivity index (χ4n) is 2.49. The molecule has 1 aliphatic heterocycles. The highest BCUT2D eigenvalue weighted by Gasteiger charge is 2.33. The van der Waals surface area contributed by atoms with Crippen LogP contribution in [-0.4, -0.2) is 49.1 Å². The normalized spacial score (nSPS) is 20.3. The molecule has 1 atom stereocenters. The lowest BCUT2D eigenvalue weighted by Gasteiger charge is -2.26. The Hall–Kier alpha value is -1.21. The number of nitrogen functional groups attached to an aromatic ring is 1. The maximum atomic E-state index is 12.3. The van der Waals surface area contributed by atoms with Crippen molar-refractivity contribution >= 4 is 33.2 Å². The first-order valence-corrected chi connectivity index (χ1v) is 9.71. The average Bonchev–Trinajstić information content (AvgIpc) is 2.79. The van der Waals surface area contributed by atoms with Gasteiger partial charge in [-0.2, -0.15) is 0 Å². The highest BCUT2D eigenvalue weighted by atomic mass is 32.2. The van der Waals surface area contributed by atoms with Gasteiger partial charge in [0.1, 0.15) is 0 Å². The van der Waals surface area contributed by atoms with Crippen LogP contribution in [0, 0.1) is 0 Å². The molecule has 0 radical (unpaired) electrons. The van der Waals surface area contributed by atoms with Crippen molar-refractivity contribution in [3.05, 3.63) is 24.3 Å². The Kier molecular flexibility index (Phi) is 5.16. The van der Waals surface area contributed by atoms with E-state index in [1.165, 1.54) is 11.8 Å². The zero-order chi connectivity index (χ0) is 15.5. The van der Waals surface area contributed by atoms with Gasteiger partial charge in [0.2, 0.25) is 5.91 Å². The number of carbonyl (C=O) groups is 1. The summed E-state index contributed by atoms with van der Waals surface area (Å²) in [5, 5.41) is 0. The Balaban J connectivity index is 1.97. The molecule has 1 aromatic carbocycles. The number of sulfone groups is 1. The van der Waals surface area contributed by atoms with Gasteiger partial charge in [-0.05, 0) is 25.5 Å². The summed E-state index contributed by atoms with van der Waals surface area (Å²) in [5.74, 6) is 0.511. The lowest BCUT2D eigenvalue weighted by Crippen LogP contribution is -2.41. The molecule has 0 saturated carbocycles. The number of benzene rings is 1. The van der Waals surface area contributed by atoms with E-state index in [9.17, 15) is 13.2 Å². The number of thioether (sulfide) groups is 1. The van der Waals surface area contributed by atoms with Crippen molar-refractivity contribution in [2.24, 2.45) is 0 Å². The Labute approximate surface area is 129 Å². The number of hydrogen-bond donors (Lipinski definition) is 1. The number of nitrogens with zero attached hydrogens (tertiary/aromatic N) is 1. The number of anilines is 1. The predicted molar refractivity (Wildman–Crippen MR) is 86.0 cm³/mol. The van der Waals surface area contributed by atoms with Crippen molar-refractivity contribution in [1.29, 1.82) is 0 Å². The standard InChI is InChI=1S/C14H20N2O3S2/c1-2-16(11-7-8-21(18,19)10-11)14(17)9-20-13-6-4-3-5-12(13)15/h3-6,11H,2,7-10,15H2,1H3. The Morgan fingerprint density at radius 3 is 2.71 bits per heavy atom. The van der Waals surface area contributed by atoms with E-state index in [1.54, 1.807) is 11.0 Å². The van der Waals surface area contributed by atoms with Crippen molar-refractivity contribution in [2.75, 3.05) is 29.5 Å². The molecule has 1 aliphatic rings. The third-order valence-electron chi connectivity index (χ3n) is 3.58. The van der Waals surface area contributed by atoms with Gasteiger partial charge in [-0.15, -0.1) is 11.8 Å². The quantitative estimate of drug-likeness (QED) is 0.653. The summed E-state index contributed by atoms with van der Waals surface area (Å²) in [4.78, 5) is 14.9. The Morgan fingerprint density at radius 2 is 2.14 bits per heavy atom. The van der Waals surface area contributed by atoms with Crippen molar-refractivity contribution in [3.63, 3.8) is 0 Å². The van der Waals surface area contributed by atoms with Crippen LogP contribution < -0.4 is 5.73 Å². The summed E-state index contributed by atoms with van der Waals surface area (Å²) < 4.78 is 23.1. The van der Waals surface area contributed by atoms with Gasteiger partial charge in [-0.25, -0.2) is 8.42 Å². The van der Waals surface area contributed by atoms with Gasteiger partial charge >= 0.3 is 0 Å². The summed E-state index contributed by atoms with van der Waals surface area (Å²) in [6.07, 6.45) is 0.542. The zero-order valence-electron chi connectivity index (χ0n) is 12.0. The number of nitrogens with two attached hydrogens (primary N) is 1. The highest BCUT2D eigenvalue weighted by molar-refractivity contribution is 8.00. The minimum Gasteiger partial charge on any atom is -0.398 e. The van der Waals surface area contributed by atoms with Crippen LogP contribution in [0.5, 0.6) is 0 Å². The first-order valence-electron chi connectivity index (χ1n) is 6.90. The molecule has 0 bridgehead atoms. The fraction of sp³-hybridized carbons (Fsp3) is 0.500. The van der Waals surface area contributed by atoms with E-state index in [0.29, 0.717) is 18.7 Å². The molecule has 1 saturated heterocycles. The van der Waals surface area contributed by atoms with Crippen molar-refractivity contribution in [2.45, 2.75) is 24.3 Å². The molecule has 1 fully saturated rings. The highest BCUT2D eigenvalue weighted by Crippen LogP contribution is 2.25. The van der Waals surface area contributed by atoms with Gasteiger partial charge in [0.05, 0.1) is 17.3 Å². The van der Waals surface area contributed by atoms with Crippen LogP contribution in [0.4, 0.5) is 5.69 Å². The minimum atomic E-state index is -2.98. The second kappa shape index (κ2) is 6.70. The summed E-state index contributed by atoms with van der Waals surface area (Å²) in [5.41, 5.74) is 6.50. The maximum absolute atomic E-state index is 12.3. The van der Waals surface area contributed by atoms with E-state index in [4.69, 9.17) is 5.73 Å². The monoisotopic (exact) mass is 328 g/mol. The largest absolute Gasteiger partial charge is 0.398 e. The van der Waals surface area contributed by atoms with E-state index in [2.05, 4.69) is 0 Å². The average molecular weight is 328 g/mol. The maximum Gasteiger partial charge on any atom is 0.233 e. The van der Waals surface area contributed by atoms with Crippen LogP contribution in [-0.2, 0) is 14.6 Å². The van der Waals surface area contributed by atoms with Gasteiger partial charge in [-0.3, -0.25) is 4.79 Å². The summed E-state index contributed by atoms with van der Waals surface area (Å²) in [6, 6.07) is 7.23. The van der Waals surface area contributed by atoms with Gasteiger partial charge in [0.15, 0.2) is 9.84 Å². The third kappa shape index (κ3) is 4.14. The van der Waals surface area contributed by atoms with Crippen LogP contribution in [0.15, 0.2) is 29.2 Å². The molecule has 1 heterocycles. The van der Waals surface area contributed by atoms with Gasteiger partial charge < -0.3 is 10.6 Å². The number of carbonyl (C=O) groups excluding carboxylic acids is 1. The van der Waals surface area contributed by atoms with Gasteiger partial charge in [-0.1, -0.05) is 12.1 Å². The molecule has 2 rings (SSSR count). The SMILES string of the molecule is CCN(C(=O)CSc1ccccc1N)C1CCS(=O)(=O)C1. The smallest absolute Gasteiger partial charge is 0.233 e. The summed E-state index contributed by atoms with van der Waals surface area (Å²) in [6.45, 7) is 2.41. The molecule has 1 unspecified atom stereocenters. The van der Waals surface area contributed by atoms with E-state index in [1.807, 2.05) is 25.1 Å². The van der Waals surface area contributed by atoms with Crippen LogP contribution in [0.2, 0.25) is 0 Å². The fourth-order valence-corrected chi connectivity index (χ4v) is 5.08. The molecule has 1 amide bonds. The van der Waals surface area contributed by atoms with Crippen molar-refractivity contribution in [1.82, 2.24) is 4.90 Å². The Morgan fingerprint density at radius 1 is 1.43 bits per heavy atom. The third-order valence-corrected chi connectivity index (χ3v) is 6.40. The summed E-state index contributed by atoms with van der Waals surface area (Å²) >= 11 is 1.39. The molecule has 0 spiro atoms. The van der Waals surface area contributed by atoms with Gasteiger partial charge in [0, 0.05) is 23.2 Å². The molecule has 5 nitrogen and oxygen atoms in total. The van der Waals surface area contributed by atoms with Crippen LogP contribution in [0.25, 0.3) is 0 Å². The molecule has 0 aliphatic carbocycles. The Bertz CT molecular complexity index is 616. The molecule has 116 valence electrons. The first kappa shape index (κ1) is 16.2. The van der Waals surface area contributed by atoms with E-state index in [0.717, 1.165) is 4.90 Å². The zero-order valence-corrected chi connectivity index (χ0v) is 13.6. The van der Waals surface area contributed by atoms with Crippen LogP contribution in [0.1, 0.15) is 13.3 Å². The topological polar surface area (TPSA) is 80.5 Å². The van der Waals surface area contributed by atoms with Crippen molar-refractivity contribution < 1.29 is 13.2 Å². The number of amides is 1. The predicted octanol–water partition coefficient (Wildman–Crippen LogP) is 1.40. The van der Waals surface area contributed by atoms with Crippen molar-refractivity contribution in [3.8, 4) is 0 Å². The van der Waals surface area contributed by atoms with Crippen LogP contribution >= 0.6 is 11.8 Å². The van der Waals surface area contributed by atoms with Gasteiger partial charge in [0.25, 0.3) is 0 Å². The lowest BCUT2D eigenvalue weighted by molar-refractivity contribution is -0.129. The molecule has 2 N–H and O–H groups in total. The molecule has 21 heavy (non-hydrogen) atoms. The minimum absolute atomic E-state index is 0.0344. The van der Waals surface area contributed by atoms with E-state index in [-0.39, 0.29) is 29.2 Å². The second-order valence-corrected chi connectivity index (χ2v) is 8.31. The van der Waals surface area contributed by atoms with Crippen LogP contribution in [0.3, 0.4) is 0 Å². The second-order valence-electron chi connectivity index (χ2n) is 5.06.